The summed E-state index contributed by atoms with van der Waals surface area (Å²) in [5, 5.41) is 4.54. The summed E-state index contributed by atoms with van der Waals surface area (Å²) in [6.07, 6.45) is 4.75. The molecule has 1 aromatic rings. The summed E-state index contributed by atoms with van der Waals surface area (Å²) in [5.41, 5.74) is 2.88. The van der Waals surface area contributed by atoms with Crippen LogP contribution in [0.1, 0.15) is 24.0 Å². The van der Waals surface area contributed by atoms with Crippen LogP contribution in [0.2, 0.25) is 5.02 Å². The van der Waals surface area contributed by atoms with Gasteiger partial charge < -0.3 is 10.1 Å². The quantitative estimate of drug-likeness (QED) is 0.904. The highest BCUT2D eigenvalue weighted by molar-refractivity contribution is 6.30. The molecule has 3 rings (SSSR count). The van der Waals surface area contributed by atoms with Crippen molar-refractivity contribution in [3.63, 3.8) is 0 Å². The Morgan fingerprint density at radius 2 is 2.17 bits per heavy atom. The van der Waals surface area contributed by atoms with Gasteiger partial charge in [0, 0.05) is 24.3 Å². The summed E-state index contributed by atoms with van der Waals surface area (Å²) in [7, 11) is 0. The van der Waals surface area contributed by atoms with Crippen LogP contribution < -0.4 is 5.32 Å². The molecule has 1 aliphatic carbocycles. The zero-order valence-electron chi connectivity index (χ0n) is 10.6. The molecule has 0 spiro atoms. The lowest BCUT2D eigenvalue weighted by molar-refractivity contribution is 0.184. The normalized spacial score (nSPS) is 26.5. The van der Waals surface area contributed by atoms with E-state index in [2.05, 4.69) is 17.4 Å². The van der Waals surface area contributed by atoms with Gasteiger partial charge in [-0.1, -0.05) is 17.7 Å². The van der Waals surface area contributed by atoms with Crippen molar-refractivity contribution in [2.45, 2.75) is 31.7 Å². The monoisotopic (exact) mass is 265 g/mol. The van der Waals surface area contributed by atoms with Crippen molar-refractivity contribution in [3.8, 4) is 0 Å². The molecule has 2 aliphatic rings. The van der Waals surface area contributed by atoms with Crippen LogP contribution >= 0.6 is 11.6 Å². The van der Waals surface area contributed by atoms with Crippen LogP contribution in [0, 0.1) is 5.92 Å². The van der Waals surface area contributed by atoms with Crippen molar-refractivity contribution in [2.24, 2.45) is 5.92 Å². The van der Waals surface area contributed by atoms with Gasteiger partial charge in [-0.2, -0.15) is 0 Å². The molecule has 2 unspecified atom stereocenters. The predicted molar refractivity (Wildman–Crippen MR) is 74.2 cm³/mol. The molecular formula is C15H20ClNO. The predicted octanol–water partition coefficient (Wildman–Crippen LogP) is 2.82. The Hall–Kier alpha value is -0.570. The topological polar surface area (TPSA) is 21.3 Å². The van der Waals surface area contributed by atoms with Gasteiger partial charge >= 0.3 is 0 Å². The Morgan fingerprint density at radius 1 is 1.28 bits per heavy atom. The maximum Gasteiger partial charge on any atom is 0.0495 e. The number of nitrogens with one attached hydrogen (secondary N) is 1. The summed E-state index contributed by atoms with van der Waals surface area (Å²) in [4.78, 5) is 0. The minimum absolute atomic E-state index is 0.598. The summed E-state index contributed by atoms with van der Waals surface area (Å²) in [6, 6.07) is 6.88. The molecule has 1 aromatic carbocycles. The van der Waals surface area contributed by atoms with E-state index in [4.69, 9.17) is 16.3 Å². The molecule has 1 saturated heterocycles. The smallest absolute Gasteiger partial charge is 0.0495 e. The van der Waals surface area contributed by atoms with Crippen LogP contribution in [-0.4, -0.2) is 25.8 Å². The SMILES string of the molecule is Clc1ccc2c(c1)CC(NCCC1CCOC1)C2. The second kappa shape index (κ2) is 5.60. The number of halogens is 1. The van der Waals surface area contributed by atoms with Gasteiger partial charge in [0.05, 0.1) is 0 Å². The first-order valence-corrected chi connectivity index (χ1v) is 7.27. The Kier molecular flexibility index (Phi) is 3.88. The van der Waals surface area contributed by atoms with Gasteiger partial charge in [0.1, 0.15) is 0 Å². The molecular weight excluding hydrogens is 246 g/mol. The molecule has 0 aromatic heterocycles. The number of benzene rings is 1. The molecule has 18 heavy (non-hydrogen) atoms. The van der Waals surface area contributed by atoms with E-state index in [1.54, 1.807) is 0 Å². The first-order chi connectivity index (χ1) is 8.81. The molecule has 0 saturated carbocycles. The van der Waals surface area contributed by atoms with Crippen LogP contribution in [0.25, 0.3) is 0 Å². The van der Waals surface area contributed by atoms with Crippen molar-refractivity contribution >= 4 is 11.6 Å². The van der Waals surface area contributed by atoms with Gasteiger partial charge in [-0.15, -0.1) is 0 Å². The van der Waals surface area contributed by atoms with Gasteiger partial charge in [-0.25, -0.2) is 0 Å². The third-order valence-electron chi connectivity index (χ3n) is 4.11. The fraction of sp³-hybridized carbons (Fsp3) is 0.600. The number of hydrogen-bond acceptors (Lipinski definition) is 2. The molecule has 0 amide bonds. The largest absolute Gasteiger partial charge is 0.381 e. The highest BCUT2D eigenvalue weighted by Crippen LogP contribution is 2.25. The minimum Gasteiger partial charge on any atom is -0.381 e. The van der Waals surface area contributed by atoms with Crippen LogP contribution in [0.5, 0.6) is 0 Å². The van der Waals surface area contributed by atoms with Crippen molar-refractivity contribution < 1.29 is 4.74 Å². The van der Waals surface area contributed by atoms with Crippen molar-refractivity contribution in [1.82, 2.24) is 5.32 Å². The minimum atomic E-state index is 0.598. The lowest BCUT2D eigenvalue weighted by Crippen LogP contribution is -2.31. The molecule has 1 heterocycles. The van der Waals surface area contributed by atoms with Crippen molar-refractivity contribution in [3.05, 3.63) is 34.3 Å². The lowest BCUT2D eigenvalue weighted by Gasteiger charge is -2.13. The van der Waals surface area contributed by atoms with Gasteiger partial charge in [0.25, 0.3) is 0 Å². The Labute approximate surface area is 114 Å². The maximum atomic E-state index is 6.03. The Bertz CT molecular complexity index is 415. The zero-order chi connectivity index (χ0) is 12.4. The third kappa shape index (κ3) is 2.87. The van der Waals surface area contributed by atoms with Crippen LogP contribution in [-0.2, 0) is 17.6 Å². The number of ether oxygens (including phenoxy) is 1. The van der Waals surface area contributed by atoms with Crippen molar-refractivity contribution in [2.75, 3.05) is 19.8 Å². The van der Waals surface area contributed by atoms with E-state index < -0.39 is 0 Å². The summed E-state index contributed by atoms with van der Waals surface area (Å²) in [6.45, 7) is 3.03. The number of rotatable bonds is 4. The number of hydrogen-bond donors (Lipinski definition) is 1. The molecule has 0 bridgehead atoms. The van der Waals surface area contributed by atoms with Crippen LogP contribution in [0.4, 0.5) is 0 Å². The second-order valence-electron chi connectivity index (χ2n) is 5.49. The Balaban J connectivity index is 1.46. The molecule has 98 valence electrons. The lowest BCUT2D eigenvalue weighted by atomic mass is 10.1. The van der Waals surface area contributed by atoms with Gasteiger partial charge in [0.2, 0.25) is 0 Å². The van der Waals surface area contributed by atoms with Gasteiger partial charge in [0.15, 0.2) is 0 Å². The van der Waals surface area contributed by atoms with E-state index in [-0.39, 0.29) is 0 Å². The molecule has 1 fully saturated rings. The van der Waals surface area contributed by atoms with Crippen LogP contribution in [0.3, 0.4) is 0 Å². The fourth-order valence-electron chi connectivity index (χ4n) is 3.03. The molecule has 0 radical (unpaired) electrons. The molecule has 2 atom stereocenters. The number of fused-ring (bicyclic) bond motifs is 1. The van der Waals surface area contributed by atoms with Gasteiger partial charge in [-0.3, -0.25) is 0 Å². The Morgan fingerprint density at radius 3 is 3.00 bits per heavy atom. The highest BCUT2D eigenvalue weighted by Gasteiger charge is 2.21. The van der Waals surface area contributed by atoms with E-state index in [1.807, 2.05) is 6.07 Å². The van der Waals surface area contributed by atoms with E-state index in [0.717, 1.165) is 43.5 Å². The standard InChI is InChI=1S/C15H20ClNO/c16-14-2-1-12-8-15(9-13(12)7-14)17-5-3-11-4-6-18-10-11/h1-2,7,11,15,17H,3-6,8-10H2. The molecule has 3 heteroatoms. The first kappa shape index (κ1) is 12.5. The molecule has 1 N–H and O–H groups in total. The highest BCUT2D eigenvalue weighted by atomic mass is 35.5. The van der Waals surface area contributed by atoms with E-state index in [9.17, 15) is 0 Å². The summed E-state index contributed by atoms with van der Waals surface area (Å²) in [5.74, 6) is 0.774. The van der Waals surface area contributed by atoms with E-state index >= 15 is 0 Å². The van der Waals surface area contributed by atoms with E-state index in [0.29, 0.717) is 6.04 Å². The average molecular weight is 266 g/mol. The zero-order valence-corrected chi connectivity index (χ0v) is 11.4. The van der Waals surface area contributed by atoms with Gasteiger partial charge in [-0.05, 0) is 61.4 Å². The van der Waals surface area contributed by atoms with Crippen molar-refractivity contribution in [1.29, 1.82) is 0 Å². The summed E-state index contributed by atoms with van der Waals surface area (Å²) >= 11 is 6.03. The van der Waals surface area contributed by atoms with E-state index in [1.165, 1.54) is 24.0 Å². The molecule has 2 nitrogen and oxygen atoms in total. The summed E-state index contributed by atoms with van der Waals surface area (Å²) < 4.78 is 5.40. The first-order valence-electron chi connectivity index (χ1n) is 6.89. The molecule has 1 aliphatic heterocycles. The van der Waals surface area contributed by atoms with Crippen LogP contribution in [0.15, 0.2) is 18.2 Å². The fourth-order valence-corrected chi connectivity index (χ4v) is 3.23. The third-order valence-corrected chi connectivity index (χ3v) is 4.35. The maximum absolute atomic E-state index is 6.03. The average Bonchev–Trinajstić information content (AvgIpc) is 2.97. The second-order valence-corrected chi connectivity index (χ2v) is 5.93.